The lowest BCUT2D eigenvalue weighted by Gasteiger charge is -2.27. The van der Waals surface area contributed by atoms with Gasteiger partial charge in [0.25, 0.3) is 5.91 Å². The average molecular weight is 492 g/mol. The van der Waals surface area contributed by atoms with Crippen molar-refractivity contribution in [3.63, 3.8) is 0 Å². The van der Waals surface area contributed by atoms with Crippen LogP contribution in [-0.4, -0.2) is 45.9 Å². The summed E-state index contributed by atoms with van der Waals surface area (Å²) in [4.78, 5) is 15.4. The van der Waals surface area contributed by atoms with E-state index < -0.39 is 0 Å². The van der Waals surface area contributed by atoms with Gasteiger partial charge in [-0.1, -0.05) is 38.8 Å². The standard InChI is InChI=1S/C29H37N3O4/c1-6-9-13-32-28(20-11-12-22(36-14-10-7-2)23(17-20)35-8-3)25-26(30-31-27(25)29(32)34)24-19(5)15-18(4)16-21(24)33/h11-12,15-17,28,33H,6-10,13-14H2,1-5H3,(H,30,31)/t28-/m1/s1. The van der Waals surface area contributed by atoms with Crippen molar-refractivity contribution in [3.05, 3.63) is 58.3 Å². The van der Waals surface area contributed by atoms with E-state index >= 15 is 0 Å². The van der Waals surface area contributed by atoms with E-state index in [1.165, 1.54) is 0 Å². The van der Waals surface area contributed by atoms with Gasteiger partial charge in [0, 0.05) is 17.7 Å². The van der Waals surface area contributed by atoms with Crippen LogP contribution in [0, 0.1) is 13.8 Å². The molecular formula is C29H37N3O4. The summed E-state index contributed by atoms with van der Waals surface area (Å²) < 4.78 is 11.9. The van der Waals surface area contributed by atoms with Crippen molar-refractivity contribution in [1.82, 2.24) is 15.1 Å². The molecule has 0 aliphatic carbocycles. The molecule has 0 radical (unpaired) electrons. The summed E-state index contributed by atoms with van der Waals surface area (Å²) in [6, 6.07) is 9.33. The Morgan fingerprint density at radius 2 is 1.81 bits per heavy atom. The summed E-state index contributed by atoms with van der Waals surface area (Å²) in [5, 5.41) is 18.4. The lowest BCUT2D eigenvalue weighted by atomic mass is 9.93. The Labute approximate surface area is 213 Å². The highest BCUT2D eigenvalue weighted by atomic mass is 16.5. The van der Waals surface area contributed by atoms with Gasteiger partial charge in [-0.25, -0.2) is 0 Å². The molecule has 192 valence electrons. The quantitative estimate of drug-likeness (QED) is 0.306. The molecule has 0 bridgehead atoms. The number of phenolic OH excluding ortho intramolecular Hbond substituents is 1. The summed E-state index contributed by atoms with van der Waals surface area (Å²) in [5.74, 6) is 1.46. The maximum absolute atomic E-state index is 13.5. The number of nitrogens with zero attached hydrogens (tertiary/aromatic N) is 2. The molecule has 4 rings (SSSR count). The van der Waals surface area contributed by atoms with Crippen molar-refractivity contribution in [2.75, 3.05) is 19.8 Å². The zero-order valence-electron chi connectivity index (χ0n) is 22.0. The van der Waals surface area contributed by atoms with Gasteiger partial charge in [-0.05, 0) is 68.5 Å². The first-order chi connectivity index (χ1) is 17.4. The summed E-state index contributed by atoms with van der Waals surface area (Å²) in [5.41, 5.74) is 5.34. The van der Waals surface area contributed by atoms with Gasteiger partial charge >= 0.3 is 0 Å². The molecule has 2 aromatic carbocycles. The highest BCUT2D eigenvalue weighted by Gasteiger charge is 2.42. The van der Waals surface area contributed by atoms with E-state index in [4.69, 9.17) is 9.47 Å². The van der Waals surface area contributed by atoms with Gasteiger partial charge in [0.1, 0.15) is 17.1 Å². The summed E-state index contributed by atoms with van der Waals surface area (Å²) >= 11 is 0. The number of nitrogens with one attached hydrogen (secondary N) is 1. The second-order valence-electron chi connectivity index (χ2n) is 9.43. The number of carbonyl (C=O) groups excluding carboxylic acids is 1. The number of phenols is 1. The van der Waals surface area contributed by atoms with Crippen molar-refractivity contribution in [3.8, 4) is 28.5 Å². The van der Waals surface area contributed by atoms with Crippen LogP contribution in [0.3, 0.4) is 0 Å². The van der Waals surface area contributed by atoms with Crippen molar-refractivity contribution in [1.29, 1.82) is 0 Å². The second-order valence-corrected chi connectivity index (χ2v) is 9.43. The number of aromatic hydroxyl groups is 1. The Morgan fingerprint density at radius 1 is 1.03 bits per heavy atom. The number of aryl methyl sites for hydroxylation is 2. The van der Waals surface area contributed by atoms with Crippen LogP contribution in [0.1, 0.15) is 85.2 Å². The number of carbonyl (C=O) groups is 1. The van der Waals surface area contributed by atoms with Crippen LogP contribution < -0.4 is 9.47 Å². The van der Waals surface area contributed by atoms with E-state index in [0.29, 0.717) is 48.2 Å². The first-order valence-electron chi connectivity index (χ1n) is 13.0. The van der Waals surface area contributed by atoms with Crippen LogP contribution in [0.2, 0.25) is 0 Å². The Hall–Kier alpha value is -3.48. The molecule has 1 aromatic heterocycles. The lowest BCUT2D eigenvalue weighted by molar-refractivity contribution is 0.0741. The van der Waals surface area contributed by atoms with E-state index in [-0.39, 0.29) is 17.7 Å². The number of fused-ring (bicyclic) bond motifs is 1. The van der Waals surface area contributed by atoms with Gasteiger partial charge in [0.15, 0.2) is 11.5 Å². The first-order valence-corrected chi connectivity index (χ1v) is 13.0. The molecule has 0 fully saturated rings. The zero-order valence-corrected chi connectivity index (χ0v) is 22.0. The number of benzene rings is 2. The molecule has 0 saturated heterocycles. The average Bonchev–Trinajstić information content (AvgIpc) is 3.37. The second kappa shape index (κ2) is 11.1. The fourth-order valence-electron chi connectivity index (χ4n) is 4.95. The number of unbranched alkanes of at least 4 members (excludes halogenated alkanes) is 2. The van der Waals surface area contributed by atoms with Crippen molar-refractivity contribution in [2.24, 2.45) is 0 Å². The van der Waals surface area contributed by atoms with E-state index in [9.17, 15) is 9.90 Å². The van der Waals surface area contributed by atoms with Crippen LogP contribution >= 0.6 is 0 Å². The van der Waals surface area contributed by atoms with Gasteiger partial charge < -0.3 is 19.5 Å². The monoisotopic (exact) mass is 491 g/mol. The molecule has 0 unspecified atom stereocenters. The minimum atomic E-state index is -0.350. The minimum absolute atomic E-state index is 0.0762. The normalized spacial score (nSPS) is 14.9. The molecule has 2 N–H and O–H groups in total. The SMILES string of the molecule is CCCCOc1ccc([C@@H]2c3c(-c4c(C)cc(C)cc4O)n[nH]c3C(=O)N2CCCC)cc1OCC. The van der Waals surface area contributed by atoms with Gasteiger partial charge in [0.2, 0.25) is 0 Å². The molecule has 0 spiro atoms. The van der Waals surface area contributed by atoms with Gasteiger partial charge in [-0.2, -0.15) is 5.10 Å². The smallest absolute Gasteiger partial charge is 0.273 e. The zero-order chi connectivity index (χ0) is 25.8. The minimum Gasteiger partial charge on any atom is -0.507 e. The molecule has 7 nitrogen and oxygen atoms in total. The fraction of sp³-hybridized carbons (Fsp3) is 0.448. The van der Waals surface area contributed by atoms with Crippen LogP contribution in [0.15, 0.2) is 30.3 Å². The molecule has 7 heteroatoms. The van der Waals surface area contributed by atoms with E-state index in [1.807, 2.05) is 49.9 Å². The summed E-state index contributed by atoms with van der Waals surface area (Å²) in [6.07, 6.45) is 3.88. The molecule has 3 aromatic rings. The number of ether oxygens (including phenoxy) is 2. The predicted molar refractivity (Wildman–Crippen MR) is 141 cm³/mol. The molecule has 1 aliphatic heterocycles. The molecule has 1 aliphatic rings. The number of aromatic amines is 1. The number of aromatic nitrogens is 2. The first kappa shape index (κ1) is 25.6. The van der Waals surface area contributed by atoms with Crippen LogP contribution in [0.4, 0.5) is 0 Å². The van der Waals surface area contributed by atoms with E-state index in [2.05, 4.69) is 24.0 Å². The third kappa shape index (κ3) is 4.79. The molecular weight excluding hydrogens is 454 g/mol. The Morgan fingerprint density at radius 3 is 2.50 bits per heavy atom. The number of hydrogen-bond donors (Lipinski definition) is 2. The maximum Gasteiger partial charge on any atom is 0.273 e. The lowest BCUT2D eigenvalue weighted by Crippen LogP contribution is -2.30. The van der Waals surface area contributed by atoms with Crippen LogP contribution in [0.25, 0.3) is 11.3 Å². The molecule has 1 atom stereocenters. The third-order valence-electron chi connectivity index (χ3n) is 6.65. The Kier molecular flexibility index (Phi) is 7.87. The van der Waals surface area contributed by atoms with Gasteiger partial charge in [-0.3, -0.25) is 9.89 Å². The molecule has 0 saturated carbocycles. The van der Waals surface area contributed by atoms with Crippen LogP contribution in [0.5, 0.6) is 17.2 Å². The Balaban J connectivity index is 1.85. The highest BCUT2D eigenvalue weighted by molar-refractivity contribution is 6.00. The number of rotatable bonds is 11. The number of H-pyrrole nitrogens is 1. The molecule has 1 amide bonds. The van der Waals surface area contributed by atoms with Crippen molar-refractivity contribution < 1.29 is 19.4 Å². The Bertz CT molecular complexity index is 1210. The van der Waals surface area contributed by atoms with Crippen LogP contribution in [-0.2, 0) is 0 Å². The number of amides is 1. The van der Waals surface area contributed by atoms with Gasteiger partial charge in [-0.15, -0.1) is 0 Å². The summed E-state index contributed by atoms with van der Waals surface area (Å²) in [7, 11) is 0. The maximum atomic E-state index is 13.5. The number of hydrogen-bond acceptors (Lipinski definition) is 5. The van der Waals surface area contributed by atoms with Crippen molar-refractivity contribution in [2.45, 2.75) is 66.3 Å². The highest BCUT2D eigenvalue weighted by Crippen LogP contribution is 2.47. The molecule has 2 heterocycles. The molecule has 36 heavy (non-hydrogen) atoms. The van der Waals surface area contributed by atoms with Gasteiger partial charge in [0.05, 0.1) is 19.3 Å². The van der Waals surface area contributed by atoms with E-state index in [1.54, 1.807) is 6.07 Å². The largest absolute Gasteiger partial charge is 0.507 e. The topological polar surface area (TPSA) is 87.7 Å². The predicted octanol–water partition coefficient (Wildman–Crippen LogP) is 6.32. The van der Waals surface area contributed by atoms with E-state index in [0.717, 1.165) is 47.9 Å². The fourth-order valence-corrected chi connectivity index (χ4v) is 4.95. The summed E-state index contributed by atoms with van der Waals surface area (Å²) in [6.45, 7) is 11.9. The van der Waals surface area contributed by atoms with Crippen molar-refractivity contribution >= 4 is 5.91 Å². The third-order valence-corrected chi connectivity index (χ3v) is 6.65.